The highest BCUT2D eigenvalue weighted by Gasteiger charge is 1.97. The normalized spacial score (nSPS) is 10.8. The van der Waals surface area contributed by atoms with E-state index in [-0.39, 0.29) is 5.82 Å². The number of hydrogen-bond acceptors (Lipinski definition) is 1. The Morgan fingerprint density at radius 1 is 1.43 bits per heavy atom. The van der Waals surface area contributed by atoms with E-state index in [0.29, 0.717) is 12.4 Å². The van der Waals surface area contributed by atoms with Crippen molar-refractivity contribution in [2.75, 3.05) is 17.7 Å². The standard InChI is InChI=1S/C11H13ClFN/c1-9-8-10(13)4-5-11(9)14-7-3-2-6-12/h2-5,8,14H,6-7H2,1H3/b3-2+. The molecule has 0 aliphatic carbocycles. The fraction of sp³-hybridized carbons (Fsp3) is 0.273. The van der Waals surface area contributed by atoms with Crippen molar-refractivity contribution in [1.29, 1.82) is 0 Å². The van der Waals surface area contributed by atoms with E-state index >= 15 is 0 Å². The number of alkyl halides is 1. The maximum Gasteiger partial charge on any atom is 0.123 e. The fourth-order valence-corrected chi connectivity index (χ4v) is 1.27. The Bertz CT molecular complexity index is 323. The van der Waals surface area contributed by atoms with Gasteiger partial charge in [-0.3, -0.25) is 0 Å². The third kappa shape index (κ3) is 3.38. The fourth-order valence-electron chi connectivity index (χ4n) is 1.14. The molecular weight excluding hydrogens is 201 g/mol. The Morgan fingerprint density at radius 2 is 2.21 bits per heavy atom. The topological polar surface area (TPSA) is 12.0 Å². The zero-order chi connectivity index (χ0) is 10.4. The van der Waals surface area contributed by atoms with Gasteiger partial charge in [-0.05, 0) is 30.7 Å². The van der Waals surface area contributed by atoms with Crippen LogP contribution in [0.1, 0.15) is 5.56 Å². The van der Waals surface area contributed by atoms with E-state index in [0.717, 1.165) is 11.3 Å². The van der Waals surface area contributed by atoms with Crippen molar-refractivity contribution in [2.45, 2.75) is 6.92 Å². The summed E-state index contributed by atoms with van der Waals surface area (Å²) in [6, 6.07) is 4.69. The van der Waals surface area contributed by atoms with Crippen LogP contribution in [-0.2, 0) is 0 Å². The molecule has 0 atom stereocenters. The minimum atomic E-state index is -0.204. The van der Waals surface area contributed by atoms with Crippen molar-refractivity contribution < 1.29 is 4.39 Å². The van der Waals surface area contributed by atoms with Crippen LogP contribution < -0.4 is 5.32 Å². The molecule has 0 fully saturated rings. The third-order valence-corrected chi connectivity index (χ3v) is 2.03. The second kappa shape index (κ2) is 5.66. The number of hydrogen-bond donors (Lipinski definition) is 1. The summed E-state index contributed by atoms with van der Waals surface area (Å²) in [5.74, 6) is 0.314. The summed E-state index contributed by atoms with van der Waals surface area (Å²) >= 11 is 5.47. The molecule has 1 aromatic rings. The molecule has 1 nitrogen and oxygen atoms in total. The highest BCUT2D eigenvalue weighted by atomic mass is 35.5. The molecule has 0 aromatic heterocycles. The molecule has 76 valence electrons. The van der Waals surface area contributed by atoms with Gasteiger partial charge in [0.2, 0.25) is 0 Å². The van der Waals surface area contributed by atoms with Crippen LogP contribution in [0.5, 0.6) is 0 Å². The van der Waals surface area contributed by atoms with Crippen molar-refractivity contribution in [3.63, 3.8) is 0 Å². The second-order valence-corrected chi connectivity index (χ2v) is 3.27. The molecule has 0 saturated heterocycles. The molecule has 14 heavy (non-hydrogen) atoms. The Labute approximate surface area is 88.6 Å². The molecule has 0 aliphatic rings. The number of anilines is 1. The van der Waals surface area contributed by atoms with Gasteiger partial charge in [0.25, 0.3) is 0 Å². The average molecular weight is 214 g/mol. The molecule has 0 aliphatic heterocycles. The van der Waals surface area contributed by atoms with Gasteiger partial charge >= 0.3 is 0 Å². The minimum Gasteiger partial charge on any atom is -0.381 e. The van der Waals surface area contributed by atoms with Crippen molar-refractivity contribution in [3.8, 4) is 0 Å². The zero-order valence-electron chi connectivity index (χ0n) is 8.06. The van der Waals surface area contributed by atoms with Gasteiger partial charge in [0.15, 0.2) is 0 Å². The van der Waals surface area contributed by atoms with Gasteiger partial charge in [-0.2, -0.15) is 0 Å². The third-order valence-electron chi connectivity index (χ3n) is 1.85. The summed E-state index contributed by atoms with van der Waals surface area (Å²) < 4.78 is 12.7. The monoisotopic (exact) mass is 213 g/mol. The predicted octanol–water partition coefficient (Wildman–Crippen LogP) is 3.34. The maximum atomic E-state index is 12.7. The van der Waals surface area contributed by atoms with Crippen LogP contribution in [0.2, 0.25) is 0 Å². The lowest BCUT2D eigenvalue weighted by Crippen LogP contribution is -2.00. The van der Waals surface area contributed by atoms with Gasteiger partial charge in [0.1, 0.15) is 5.82 Å². The van der Waals surface area contributed by atoms with Crippen LogP contribution in [-0.4, -0.2) is 12.4 Å². The first kappa shape index (κ1) is 11.1. The molecule has 0 heterocycles. The molecule has 3 heteroatoms. The Hall–Kier alpha value is -1.02. The highest BCUT2D eigenvalue weighted by molar-refractivity contribution is 6.18. The Balaban J connectivity index is 2.55. The van der Waals surface area contributed by atoms with Crippen molar-refractivity contribution >= 4 is 17.3 Å². The molecule has 0 bridgehead atoms. The molecule has 0 spiro atoms. The van der Waals surface area contributed by atoms with Crippen molar-refractivity contribution in [2.24, 2.45) is 0 Å². The number of aryl methyl sites for hydroxylation is 1. The first-order chi connectivity index (χ1) is 6.74. The minimum absolute atomic E-state index is 0.204. The number of benzene rings is 1. The van der Waals surface area contributed by atoms with E-state index in [1.54, 1.807) is 6.07 Å². The Morgan fingerprint density at radius 3 is 2.86 bits per heavy atom. The molecular formula is C11H13ClFN. The van der Waals surface area contributed by atoms with E-state index in [1.807, 2.05) is 19.1 Å². The number of allylic oxidation sites excluding steroid dienone is 1. The van der Waals surface area contributed by atoms with Crippen LogP contribution >= 0.6 is 11.6 Å². The zero-order valence-corrected chi connectivity index (χ0v) is 8.81. The summed E-state index contributed by atoms with van der Waals surface area (Å²) in [5.41, 5.74) is 1.86. The first-order valence-electron chi connectivity index (χ1n) is 4.45. The van der Waals surface area contributed by atoms with Gasteiger partial charge in [0, 0.05) is 18.1 Å². The van der Waals surface area contributed by atoms with E-state index < -0.39 is 0 Å². The lowest BCUT2D eigenvalue weighted by atomic mass is 10.2. The molecule has 0 saturated carbocycles. The Kier molecular flexibility index (Phi) is 4.47. The van der Waals surface area contributed by atoms with E-state index in [2.05, 4.69) is 5.32 Å². The first-order valence-corrected chi connectivity index (χ1v) is 4.98. The predicted molar refractivity (Wildman–Crippen MR) is 59.5 cm³/mol. The molecule has 1 rings (SSSR count). The summed E-state index contributed by atoms with van der Waals surface area (Å²) in [6.45, 7) is 2.58. The number of nitrogens with one attached hydrogen (secondary N) is 1. The van der Waals surface area contributed by atoms with E-state index in [1.165, 1.54) is 12.1 Å². The molecule has 0 unspecified atom stereocenters. The maximum absolute atomic E-state index is 12.7. The van der Waals surface area contributed by atoms with Gasteiger partial charge in [-0.1, -0.05) is 12.2 Å². The number of rotatable bonds is 4. The SMILES string of the molecule is Cc1cc(F)ccc1NC/C=C/CCl. The lowest BCUT2D eigenvalue weighted by molar-refractivity contribution is 0.627. The van der Waals surface area contributed by atoms with E-state index in [9.17, 15) is 4.39 Å². The van der Waals surface area contributed by atoms with Crippen LogP contribution in [0.15, 0.2) is 30.4 Å². The molecule has 1 N–H and O–H groups in total. The van der Waals surface area contributed by atoms with Gasteiger partial charge in [-0.15, -0.1) is 11.6 Å². The second-order valence-electron chi connectivity index (χ2n) is 2.97. The lowest BCUT2D eigenvalue weighted by Gasteiger charge is -2.06. The van der Waals surface area contributed by atoms with Gasteiger partial charge in [-0.25, -0.2) is 4.39 Å². The number of halogens is 2. The molecule has 0 radical (unpaired) electrons. The summed E-state index contributed by atoms with van der Waals surface area (Å²) in [5, 5.41) is 3.16. The van der Waals surface area contributed by atoms with Crippen LogP contribution in [0.25, 0.3) is 0 Å². The smallest absolute Gasteiger partial charge is 0.123 e. The molecule has 1 aromatic carbocycles. The average Bonchev–Trinajstić information content (AvgIpc) is 2.15. The quantitative estimate of drug-likeness (QED) is 0.598. The summed E-state index contributed by atoms with van der Waals surface area (Å²) in [7, 11) is 0. The summed E-state index contributed by atoms with van der Waals surface area (Å²) in [4.78, 5) is 0. The van der Waals surface area contributed by atoms with Gasteiger partial charge < -0.3 is 5.32 Å². The van der Waals surface area contributed by atoms with Crippen molar-refractivity contribution in [1.82, 2.24) is 0 Å². The highest BCUT2D eigenvalue weighted by Crippen LogP contribution is 2.14. The van der Waals surface area contributed by atoms with Crippen LogP contribution in [0, 0.1) is 12.7 Å². The van der Waals surface area contributed by atoms with Gasteiger partial charge in [0.05, 0.1) is 0 Å². The summed E-state index contributed by atoms with van der Waals surface area (Å²) in [6.07, 6.45) is 3.81. The largest absolute Gasteiger partial charge is 0.381 e. The van der Waals surface area contributed by atoms with E-state index in [4.69, 9.17) is 11.6 Å². The van der Waals surface area contributed by atoms with Crippen LogP contribution in [0.4, 0.5) is 10.1 Å². The van der Waals surface area contributed by atoms with Crippen LogP contribution in [0.3, 0.4) is 0 Å². The van der Waals surface area contributed by atoms with Crippen molar-refractivity contribution in [3.05, 3.63) is 41.7 Å². The molecule has 0 amide bonds.